The average Bonchev–Trinajstić information content (AvgIpc) is 3.23. The maximum Gasteiger partial charge on any atom is 0.120 e. The smallest absolute Gasteiger partial charge is 0.120 e. The number of hydrogen-bond acceptors (Lipinski definition) is 5. The van der Waals surface area contributed by atoms with Gasteiger partial charge in [0.05, 0.1) is 11.4 Å². The fourth-order valence-electron chi connectivity index (χ4n) is 2.28. The van der Waals surface area contributed by atoms with E-state index in [9.17, 15) is 0 Å². The van der Waals surface area contributed by atoms with Crippen molar-refractivity contribution in [3.63, 3.8) is 0 Å². The lowest BCUT2D eigenvalue weighted by Gasteiger charge is -2.17. The second-order valence-electron chi connectivity index (χ2n) is 5.93. The lowest BCUT2D eigenvalue weighted by molar-refractivity contribution is 0.200. The quantitative estimate of drug-likeness (QED) is 0.655. The number of rotatable bonds is 5. The Morgan fingerprint density at radius 3 is 2.73 bits per heavy atom. The first-order valence-electron chi connectivity index (χ1n) is 7.29. The molecule has 3 rings (SSSR count). The number of nitrogens with zero attached hydrogens (tertiary/aromatic N) is 2. The van der Waals surface area contributed by atoms with Gasteiger partial charge in [0, 0.05) is 16.8 Å². The number of anilines is 1. The van der Waals surface area contributed by atoms with Gasteiger partial charge in [-0.2, -0.15) is 0 Å². The molecule has 0 unspecified atom stereocenters. The van der Waals surface area contributed by atoms with E-state index in [2.05, 4.69) is 28.9 Å². The van der Waals surface area contributed by atoms with Crippen molar-refractivity contribution in [1.82, 2.24) is 9.97 Å². The third-order valence-electron chi connectivity index (χ3n) is 3.90. The van der Waals surface area contributed by atoms with E-state index < -0.39 is 0 Å². The van der Waals surface area contributed by atoms with Crippen LogP contribution in [0.3, 0.4) is 0 Å². The van der Waals surface area contributed by atoms with Gasteiger partial charge in [-0.25, -0.2) is 9.97 Å². The van der Waals surface area contributed by atoms with Crippen LogP contribution >= 0.6 is 0 Å². The standard InChI is InChI=1S/C17H20N4O/c1-11-8-16(20-10-19-11)12(2)14-9-13(4-5-15(14)21-18)22-17(3)6-7-17/h4-5,8-10,21H,2,6-7,18H2,1,3H3. The number of nitrogens with two attached hydrogens (primary N) is 1. The van der Waals surface area contributed by atoms with Gasteiger partial charge >= 0.3 is 0 Å². The third-order valence-corrected chi connectivity index (χ3v) is 3.90. The zero-order valence-electron chi connectivity index (χ0n) is 12.9. The minimum absolute atomic E-state index is 0.0260. The van der Waals surface area contributed by atoms with Gasteiger partial charge in [-0.1, -0.05) is 6.58 Å². The van der Waals surface area contributed by atoms with Crippen LogP contribution < -0.4 is 16.0 Å². The molecule has 0 atom stereocenters. The molecule has 5 nitrogen and oxygen atoms in total. The fraction of sp³-hybridized carbons (Fsp3) is 0.294. The van der Waals surface area contributed by atoms with Crippen LogP contribution in [0.25, 0.3) is 5.57 Å². The summed E-state index contributed by atoms with van der Waals surface area (Å²) in [4.78, 5) is 8.40. The minimum Gasteiger partial charge on any atom is -0.488 e. The Bertz CT molecular complexity index is 722. The van der Waals surface area contributed by atoms with Gasteiger partial charge in [-0.15, -0.1) is 0 Å². The van der Waals surface area contributed by atoms with Crippen LogP contribution in [-0.2, 0) is 0 Å². The molecule has 22 heavy (non-hydrogen) atoms. The van der Waals surface area contributed by atoms with Crippen LogP contribution in [-0.4, -0.2) is 15.6 Å². The van der Waals surface area contributed by atoms with Gasteiger partial charge in [-0.05, 0) is 51.0 Å². The number of nitrogen functional groups attached to an aromatic ring is 1. The molecule has 1 aliphatic carbocycles. The molecule has 2 aromatic rings. The lowest BCUT2D eigenvalue weighted by atomic mass is 10.0. The van der Waals surface area contributed by atoms with Crippen LogP contribution in [0, 0.1) is 6.92 Å². The summed E-state index contributed by atoms with van der Waals surface area (Å²) in [7, 11) is 0. The molecule has 1 fully saturated rings. The first kappa shape index (κ1) is 14.5. The highest BCUT2D eigenvalue weighted by molar-refractivity contribution is 5.84. The summed E-state index contributed by atoms with van der Waals surface area (Å²) in [5.74, 6) is 6.44. The van der Waals surface area contributed by atoms with E-state index >= 15 is 0 Å². The molecule has 114 valence electrons. The molecular formula is C17H20N4O. The van der Waals surface area contributed by atoms with Crippen molar-refractivity contribution in [2.75, 3.05) is 5.43 Å². The van der Waals surface area contributed by atoms with Crippen LogP contribution in [0.2, 0.25) is 0 Å². The molecule has 0 saturated heterocycles. The minimum atomic E-state index is -0.0260. The van der Waals surface area contributed by atoms with Gasteiger partial charge in [0.25, 0.3) is 0 Å². The van der Waals surface area contributed by atoms with E-state index in [0.717, 1.165) is 46.8 Å². The summed E-state index contributed by atoms with van der Waals surface area (Å²) < 4.78 is 6.02. The van der Waals surface area contributed by atoms with E-state index in [0.29, 0.717) is 0 Å². The Labute approximate surface area is 130 Å². The van der Waals surface area contributed by atoms with Gasteiger partial charge < -0.3 is 10.2 Å². The average molecular weight is 296 g/mol. The first-order chi connectivity index (χ1) is 10.5. The third kappa shape index (κ3) is 2.94. The lowest BCUT2D eigenvalue weighted by Crippen LogP contribution is -2.13. The fourth-order valence-corrected chi connectivity index (χ4v) is 2.28. The van der Waals surface area contributed by atoms with E-state index in [1.54, 1.807) is 0 Å². The van der Waals surface area contributed by atoms with Crippen molar-refractivity contribution in [2.45, 2.75) is 32.3 Å². The van der Waals surface area contributed by atoms with E-state index in [-0.39, 0.29) is 5.60 Å². The summed E-state index contributed by atoms with van der Waals surface area (Å²) in [6.45, 7) is 8.20. The molecule has 0 spiro atoms. The van der Waals surface area contributed by atoms with Gasteiger partial charge in [0.2, 0.25) is 0 Å². The highest BCUT2D eigenvalue weighted by Gasteiger charge is 2.40. The number of nitrogens with one attached hydrogen (secondary N) is 1. The van der Waals surface area contributed by atoms with E-state index in [4.69, 9.17) is 10.6 Å². The Hall–Kier alpha value is -2.40. The predicted molar refractivity (Wildman–Crippen MR) is 87.4 cm³/mol. The summed E-state index contributed by atoms with van der Waals surface area (Å²) in [6, 6.07) is 7.67. The monoisotopic (exact) mass is 296 g/mol. The van der Waals surface area contributed by atoms with Gasteiger partial charge in [0.15, 0.2) is 0 Å². The number of aromatic nitrogens is 2. The Kier molecular flexibility index (Phi) is 3.58. The Morgan fingerprint density at radius 2 is 2.09 bits per heavy atom. The molecule has 1 aromatic carbocycles. The molecule has 1 heterocycles. The van der Waals surface area contributed by atoms with Crippen molar-refractivity contribution >= 4 is 11.3 Å². The first-order valence-corrected chi connectivity index (χ1v) is 7.29. The second kappa shape index (κ2) is 5.42. The molecule has 1 aromatic heterocycles. The number of ether oxygens (including phenoxy) is 1. The molecule has 1 aliphatic rings. The van der Waals surface area contributed by atoms with E-state index in [1.807, 2.05) is 31.2 Å². The number of benzene rings is 1. The number of hydrazine groups is 1. The van der Waals surface area contributed by atoms with Gasteiger partial charge in [0.1, 0.15) is 17.7 Å². The van der Waals surface area contributed by atoms with Crippen LogP contribution in [0.1, 0.15) is 36.7 Å². The molecule has 5 heteroatoms. The summed E-state index contributed by atoms with van der Waals surface area (Å²) in [5.41, 5.74) is 6.80. The summed E-state index contributed by atoms with van der Waals surface area (Å²) in [6.07, 6.45) is 3.72. The molecular weight excluding hydrogens is 276 g/mol. The summed E-state index contributed by atoms with van der Waals surface area (Å²) in [5, 5.41) is 0. The van der Waals surface area contributed by atoms with Gasteiger partial charge in [-0.3, -0.25) is 5.84 Å². The van der Waals surface area contributed by atoms with Crippen molar-refractivity contribution in [3.05, 3.63) is 54.1 Å². The van der Waals surface area contributed by atoms with Crippen molar-refractivity contribution < 1.29 is 4.74 Å². The van der Waals surface area contributed by atoms with Crippen molar-refractivity contribution in [1.29, 1.82) is 0 Å². The van der Waals surface area contributed by atoms with Crippen molar-refractivity contribution in [3.8, 4) is 5.75 Å². The predicted octanol–water partition coefficient (Wildman–Crippen LogP) is 3.06. The number of hydrogen-bond donors (Lipinski definition) is 2. The van der Waals surface area contributed by atoms with E-state index in [1.165, 1.54) is 6.33 Å². The molecule has 0 aliphatic heterocycles. The summed E-state index contributed by atoms with van der Waals surface area (Å²) >= 11 is 0. The second-order valence-corrected chi connectivity index (χ2v) is 5.93. The van der Waals surface area contributed by atoms with Crippen molar-refractivity contribution in [2.24, 2.45) is 5.84 Å². The highest BCUT2D eigenvalue weighted by atomic mass is 16.5. The topological polar surface area (TPSA) is 73.1 Å². The normalized spacial score (nSPS) is 15.2. The maximum absolute atomic E-state index is 6.02. The maximum atomic E-state index is 6.02. The molecule has 1 saturated carbocycles. The molecule has 0 amide bonds. The SMILES string of the molecule is C=C(c1cc(C)ncn1)c1cc(OC2(C)CC2)ccc1NN. The molecule has 3 N–H and O–H groups in total. The largest absolute Gasteiger partial charge is 0.488 e. The zero-order valence-corrected chi connectivity index (χ0v) is 12.9. The molecule has 0 radical (unpaired) electrons. The zero-order chi connectivity index (χ0) is 15.7. The highest BCUT2D eigenvalue weighted by Crippen LogP contribution is 2.41. The Balaban J connectivity index is 1.96. The van der Waals surface area contributed by atoms with Crippen LogP contribution in [0.4, 0.5) is 5.69 Å². The van der Waals surface area contributed by atoms with Crippen LogP contribution in [0.5, 0.6) is 5.75 Å². The number of aryl methyl sites for hydroxylation is 1. The molecule has 0 bridgehead atoms. The van der Waals surface area contributed by atoms with Crippen LogP contribution in [0.15, 0.2) is 37.2 Å². The Morgan fingerprint density at radius 1 is 1.32 bits per heavy atom.